The lowest BCUT2D eigenvalue weighted by molar-refractivity contribution is -0.141. The van der Waals surface area contributed by atoms with Crippen molar-refractivity contribution in [3.05, 3.63) is 165 Å². The molecule has 2 aromatic heterocycles. The molecule has 59 heavy (non-hydrogen) atoms. The fourth-order valence-electron chi connectivity index (χ4n) is 5.48. The first-order chi connectivity index (χ1) is 27.6. The van der Waals surface area contributed by atoms with Crippen LogP contribution in [0.5, 0.6) is 5.75 Å². The zero-order valence-corrected chi connectivity index (χ0v) is 34.3. The topological polar surface area (TPSA) is 175 Å². The van der Waals surface area contributed by atoms with Gasteiger partial charge >= 0.3 is 6.18 Å². The van der Waals surface area contributed by atoms with Crippen LogP contribution in [-0.4, -0.2) is 44.5 Å². The summed E-state index contributed by atoms with van der Waals surface area (Å²) in [6.45, 7) is 5.41. The van der Waals surface area contributed by atoms with Crippen molar-refractivity contribution in [3.63, 3.8) is 0 Å². The van der Waals surface area contributed by atoms with Crippen molar-refractivity contribution in [2.45, 2.75) is 42.8 Å². The fourth-order valence-corrected chi connectivity index (χ4v) is 7.64. The Hall–Kier alpha value is -5.65. The number of aryl methyl sites for hydroxylation is 1. The van der Waals surface area contributed by atoms with Crippen molar-refractivity contribution in [1.29, 1.82) is 0 Å². The summed E-state index contributed by atoms with van der Waals surface area (Å²) in [5, 5.41) is 5.81. The number of nitrogens with one attached hydrogen (secondary N) is 1. The van der Waals surface area contributed by atoms with Crippen LogP contribution in [0.25, 0.3) is 11.1 Å². The van der Waals surface area contributed by atoms with Crippen LogP contribution in [0.2, 0.25) is 10.0 Å². The van der Waals surface area contributed by atoms with Crippen molar-refractivity contribution in [3.8, 4) is 16.9 Å². The summed E-state index contributed by atoms with van der Waals surface area (Å²) >= 11 is 12.1. The molecule has 6 rings (SSSR count). The van der Waals surface area contributed by atoms with Gasteiger partial charge in [0.15, 0.2) is 5.78 Å². The van der Waals surface area contributed by atoms with Crippen molar-refractivity contribution >= 4 is 60.5 Å². The first-order valence-electron chi connectivity index (χ1n) is 17.2. The SMILES string of the molecule is CC(C)Oc1ccc(S(N)(=O)=O)c(-c2ccc(Cl)cc2C(=O)c2ccnc(C(F)(F)F)c2)c1.Cc1ccc(S(=O)(=O)Nc2ccc(Cl)cc2C(=O)c2ccccn2)cc1. The van der Waals surface area contributed by atoms with Gasteiger partial charge in [0.1, 0.15) is 17.1 Å². The fraction of sp³-hybridized carbons (Fsp3) is 0.122. The number of benzene rings is 4. The molecule has 3 N–H and O–H groups in total. The van der Waals surface area contributed by atoms with Gasteiger partial charge in [0.2, 0.25) is 15.8 Å². The summed E-state index contributed by atoms with van der Waals surface area (Å²) in [7, 11) is -8.08. The van der Waals surface area contributed by atoms with Gasteiger partial charge in [-0.15, -0.1) is 0 Å². The zero-order chi connectivity index (χ0) is 43.3. The number of carbonyl (C=O) groups excluding carboxylic acids is 2. The van der Waals surface area contributed by atoms with E-state index < -0.39 is 43.5 Å². The van der Waals surface area contributed by atoms with E-state index in [1.54, 1.807) is 44.2 Å². The molecular formula is C41H33Cl2F3N4O7S2. The van der Waals surface area contributed by atoms with Crippen molar-refractivity contribution < 1.29 is 44.3 Å². The molecule has 306 valence electrons. The third-order valence-electron chi connectivity index (χ3n) is 8.16. The van der Waals surface area contributed by atoms with Gasteiger partial charge in [-0.05, 0) is 111 Å². The van der Waals surface area contributed by atoms with E-state index in [0.29, 0.717) is 16.8 Å². The summed E-state index contributed by atoms with van der Waals surface area (Å²) in [6, 6.07) is 25.6. The molecule has 0 saturated carbocycles. The molecule has 11 nitrogen and oxygen atoms in total. The lowest BCUT2D eigenvalue weighted by atomic mass is 9.93. The summed E-state index contributed by atoms with van der Waals surface area (Å²) < 4.78 is 97.1. The number of hydrogen-bond donors (Lipinski definition) is 2. The van der Waals surface area contributed by atoms with E-state index in [-0.39, 0.29) is 60.1 Å². The van der Waals surface area contributed by atoms with Crippen LogP contribution < -0.4 is 14.6 Å². The van der Waals surface area contributed by atoms with Gasteiger partial charge in [-0.2, -0.15) is 13.2 Å². The van der Waals surface area contributed by atoms with Crippen LogP contribution >= 0.6 is 23.2 Å². The highest BCUT2D eigenvalue weighted by molar-refractivity contribution is 7.92. The Bertz CT molecular complexity index is 2760. The van der Waals surface area contributed by atoms with Crippen LogP contribution in [0.1, 0.15) is 57.1 Å². The van der Waals surface area contributed by atoms with Crippen LogP contribution in [0.3, 0.4) is 0 Å². The molecule has 0 aliphatic heterocycles. The molecule has 0 fully saturated rings. The monoisotopic (exact) mass is 884 g/mol. The highest BCUT2D eigenvalue weighted by Gasteiger charge is 2.33. The second-order valence-corrected chi connectivity index (χ2v) is 17.1. The number of nitrogens with zero attached hydrogens (tertiary/aromatic N) is 2. The molecule has 0 spiro atoms. The minimum absolute atomic E-state index is 0.0424. The second-order valence-electron chi connectivity index (χ2n) is 13.0. The number of ether oxygens (including phenoxy) is 1. The molecule has 0 aliphatic rings. The van der Waals surface area contributed by atoms with E-state index in [1.165, 1.54) is 72.9 Å². The summed E-state index contributed by atoms with van der Waals surface area (Å²) in [6.07, 6.45) is -2.63. The Morgan fingerprint density at radius 2 is 1.41 bits per heavy atom. The Kier molecular flexibility index (Phi) is 13.6. The Balaban J connectivity index is 0.000000230. The lowest BCUT2D eigenvalue weighted by Crippen LogP contribution is -2.16. The lowest BCUT2D eigenvalue weighted by Gasteiger charge is -2.16. The number of halogens is 5. The molecule has 0 radical (unpaired) electrons. The number of anilines is 1. The van der Waals surface area contributed by atoms with E-state index in [2.05, 4.69) is 14.7 Å². The van der Waals surface area contributed by atoms with E-state index in [1.807, 2.05) is 6.92 Å². The van der Waals surface area contributed by atoms with E-state index >= 15 is 0 Å². The maximum absolute atomic E-state index is 13.2. The average Bonchev–Trinajstić information content (AvgIpc) is 3.17. The maximum Gasteiger partial charge on any atom is 0.433 e. The standard InChI is InChI=1S/C22H18ClF3N2O4S.C19H15ClN2O3S/c1-12(2)32-15-4-6-19(33(27,30)31)17(11-15)16-5-3-14(23)10-18(16)21(29)13-7-8-28-20(9-13)22(24,25)26;1-13-5-8-15(9-6-13)26(24,25)22-17-10-7-14(20)12-16(17)19(23)18-4-2-3-11-21-18/h3-12H,1-2H3,(H2,27,30,31);2-12,22H,1H3. The van der Waals surface area contributed by atoms with Crippen molar-refractivity contribution in [1.82, 2.24) is 9.97 Å². The summed E-state index contributed by atoms with van der Waals surface area (Å²) in [5.74, 6) is -0.922. The summed E-state index contributed by atoms with van der Waals surface area (Å²) in [5.41, 5.74) is -0.0891. The van der Waals surface area contributed by atoms with Crippen molar-refractivity contribution in [2.75, 3.05) is 4.72 Å². The number of hydrogen-bond acceptors (Lipinski definition) is 9. The van der Waals surface area contributed by atoms with Gasteiger partial charge in [-0.1, -0.05) is 53.0 Å². The van der Waals surface area contributed by atoms with Crippen LogP contribution in [-0.2, 0) is 26.2 Å². The minimum Gasteiger partial charge on any atom is -0.491 e. The Morgan fingerprint density at radius 1 is 0.746 bits per heavy atom. The summed E-state index contributed by atoms with van der Waals surface area (Å²) in [4.78, 5) is 33.1. The predicted octanol–water partition coefficient (Wildman–Crippen LogP) is 9.16. The molecule has 6 aromatic rings. The Labute approximate surface area is 348 Å². The van der Waals surface area contributed by atoms with Crippen molar-refractivity contribution in [2.24, 2.45) is 5.14 Å². The number of ketones is 2. The number of pyridine rings is 2. The number of carbonyl (C=O) groups is 2. The van der Waals surface area contributed by atoms with Gasteiger partial charge in [0.25, 0.3) is 10.0 Å². The normalized spacial score (nSPS) is 11.7. The number of primary sulfonamides is 1. The minimum atomic E-state index is -4.75. The third kappa shape index (κ3) is 11.3. The van der Waals surface area contributed by atoms with Gasteiger partial charge < -0.3 is 4.74 Å². The van der Waals surface area contributed by atoms with Crippen LogP contribution in [0.15, 0.2) is 131 Å². The molecule has 0 atom stereocenters. The Morgan fingerprint density at radius 3 is 2.02 bits per heavy atom. The quantitative estimate of drug-likeness (QED) is 0.120. The molecule has 0 aliphatic carbocycles. The number of sulfonamides is 2. The number of nitrogens with two attached hydrogens (primary N) is 1. The molecule has 18 heteroatoms. The van der Waals surface area contributed by atoms with Gasteiger partial charge in [-0.25, -0.2) is 22.0 Å². The van der Waals surface area contributed by atoms with Crippen LogP contribution in [0.4, 0.5) is 18.9 Å². The first kappa shape index (κ1) is 44.5. The maximum atomic E-state index is 13.2. The first-order valence-corrected chi connectivity index (χ1v) is 21.0. The molecule has 4 aromatic carbocycles. The number of alkyl halides is 3. The predicted molar refractivity (Wildman–Crippen MR) is 218 cm³/mol. The smallest absolute Gasteiger partial charge is 0.433 e. The highest BCUT2D eigenvalue weighted by Crippen LogP contribution is 2.36. The average molecular weight is 886 g/mol. The van der Waals surface area contributed by atoms with E-state index in [0.717, 1.165) is 17.8 Å². The second kappa shape index (κ2) is 18.1. The zero-order valence-electron chi connectivity index (χ0n) is 31.2. The van der Waals surface area contributed by atoms with Gasteiger partial charge in [0.05, 0.1) is 21.6 Å². The van der Waals surface area contributed by atoms with E-state index in [4.69, 9.17) is 33.1 Å². The van der Waals surface area contributed by atoms with Gasteiger partial charge in [0, 0.05) is 44.7 Å². The molecule has 2 heterocycles. The van der Waals surface area contributed by atoms with E-state index in [9.17, 15) is 39.6 Å². The van der Waals surface area contributed by atoms with Crippen LogP contribution in [0, 0.1) is 6.92 Å². The molecule has 0 saturated heterocycles. The highest BCUT2D eigenvalue weighted by atomic mass is 35.5. The molecule has 0 bridgehead atoms. The number of rotatable bonds is 11. The molecule has 0 amide bonds. The van der Waals surface area contributed by atoms with Gasteiger partial charge in [-0.3, -0.25) is 24.3 Å². The third-order valence-corrected chi connectivity index (χ3v) is 11.0. The number of aromatic nitrogens is 2. The molecular weight excluding hydrogens is 853 g/mol. The largest absolute Gasteiger partial charge is 0.491 e. The molecule has 0 unspecified atom stereocenters.